The normalized spacial score (nSPS) is 17.0. The Balaban J connectivity index is 1.92. The molecule has 1 N–H and O–H groups in total. The van der Waals surface area contributed by atoms with Crippen molar-refractivity contribution in [1.82, 2.24) is 4.98 Å². The Kier molecular flexibility index (Phi) is 3.47. The lowest BCUT2D eigenvalue weighted by atomic mass is 9.85. The van der Waals surface area contributed by atoms with Crippen LogP contribution in [0.1, 0.15) is 18.2 Å². The molecule has 0 atom stereocenters. The Morgan fingerprint density at radius 3 is 2.76 bits per heavy atom. The number of carboxylic acids is 1. The molecule has 0 spiro atoms. The van der Waals surface area contributed by atoms with Gasteiger partial charge < -0.3 is 9.84 Å². The van der Waals surface area contributed by atoms with Crippen molar-refractivity contribution in [1.29, 1.82) is 0 Å². The van der Waals surface area contributed by atoms with Gasteiger partial charge in [0.15, 0.2) is 0 Å². The molecule has 0 unspecified atom stereocenters. The Hall–Kier alpha value is -2.20. The van der Waals surface area contributed by atoms with Gasteiger partial charge in [0.1, 0.15) is 5.41 Å². The van der Waals surface area contributed by atoms with Gasteiger partial charge in [-0.2, -0.15) is 0 Å². The summed E-state index contributed by atoms with van der Waals surface area (Å²) in [5.74, 6) is -0.836. The molecule has 1 aliphatic rings. The van der Waals surface area contributed by atoms with Crippen molar-refractivity contribution >= 4 is 22.9 Å². The first-order chi connectivity index (χ1) is 10.1. The van der Waals surface area contributed by atoms with Crippen molar-refractivity contribution in [2.75, 3.05) is 13.2 Å². The van der Waals surface area contributed by atoms with E-state index >= 15 is 0 Å². The maximum Gasteiger partial charge on any atom is 0.318 e. The molecule has 2 heterocycles. The monoisotopic (exact) mass is 283 g/mol. The second kappa shape index (κ2) is 5.30. The van der Waals surface area contributed by atoms with Crippen molar-refractivity contribution < 1.29 is 14.6 Å². The number of hydrogen-bond acceptors (Lipinski definition) is 3. The van der Waals surface area contributed by atoms with Crippen molar-refractivity contribution in [2.24, 2.45) is 5.41 Å². The number of carboxylic acid groups (broad SMARTS) is 1. The van der Waals surface area contributed by atoms with Crippen molar-refractivity contribution in [3.8, 4) is 0 Å². The molecule has 2 aromatic rings. The van der Waals surface area contributed by atoms with Gasteiger partial charge in [-0.3, -0.25) is 9.78 Å². The highest BCUT2D eigenvalue weighted by Gasteiger charge is 2.43. The number of carbonyl (C=O) groups is 1. The molecule has 1 fully saturated rings. The van der Waals surface area contributed by atoms with E-state index in [2.05, 4.69) is 18.0 Å². The second-order valence-electron chi connectivity index (χ2n) is 5.40. The highest BCUT2D eigenvalue weighted by molar-refractivity contribution is 5.83. The smallest absolute Gasteiger partial charge is 0.318 e. The summed E-state index contributed by atoms with van der Waals surface area (Å²) in [5.41, 5.74) is 2.08. The summed E-state index contributed by atoms with van der Waals surface area (Å²) >= 11 is 0. The topological polar surface area (TPSA) is 59.4 Å². The summed E-state index contributed by atoms with van der Waals surface area (Å²) < 4.78 is 5.04. The molecule has 3 rings (SSSR count). The van der Waals surface area contributed by atoms with Crippen molar-refractivity contribution in [2.45, 2.75) is 13.3 Å². The number of hydrogen-bond donors (Lipinski definition) is 1. The first kappa shape index (κ1) is 13.8. The minimum Gasteiger partial charge on any atom is -0.480 e. The minimum absolute atomic E-state index is 0.241. The molecule has 0 radical (unpaired) electrons. The zero-order valence-electron chi connectivity index (χ0n) is 11.9. The summed E-state index contributed by atoms with van der Waals surface area (Å²) in [5, 5.41) is 10.3. The van der Waals surface area contributed by atoms with Gasteiger partial charge in [-0.25, -0.2) is 0 Å². The molecular weight excluding hydrogens is 266 g/mol. The number of ether oxygens (including phenoxy) is 1. The van der Waals surface area contributed by atoms with Gasteiger partial charge in [0.2, 0.25) is 0 Å². The van der Waals surface area contributed by atoms with Gasteiger partial charge in [-0.05, 0) is 24.1 Å². The largest absolute Gasteiger partial charge is 0.480 e. The Morgan fingerprint density at radius 2 is 2.14 bits per heavy atom. The Morgan fingerprint density at radius 1 is 1.38 bits per heavy atom. The predicted molar refractivity (Wildman–Crippen MR) is 81.0 cm³/mol. The number of rotatable bonds is 4. The quantitative estimate of drug-likeness (QED) is 0.937. The number of pyridine rings is 1. The van der Waals surface area contributed by atoms with E-state index in [1.54, 1.807) is 6.08 Å². The first-order valence-corrected chi connectivity index (χ1v) is 7.03. The van der Waals surface area contributed by atoms with Gasteiger partial charge in [-0.1, -0.05) is 37.3 Å². The van der Waals surface area contributed by atoms with Crippen LogP contribution in [0.5, 0.6) is 0 Å². The molecule has 108 valence electrons. The van der Waals surface area contributed by atoms with Crippen LogP contribution in [-0.2, 0) is 16.0 Å². The van der Waals surface area contributed by atoms with Gasteiger partial charge in [0, 0.05) is 11.1 Å². The first-order valence-electron chi connectivity index (χ1n) is 7.03. The van der Waals surface area contributed by atoms with Crippen molar-refractivity contribution in [3.05, 3.63) is 47.7 Å². The van der Waals surface area contributed by atoms with E-state index in [1.165, 1.54) is 0 Å². The fourth-order valence-corrected chi connectivity index (χ4v) is 2.35. The molecule has 1 aliphatic heterocycles. The van der Waals surface area contributed by atoms with Crippen LogP contribution in [0.15, 0.2) is 36.4 Å². The van der Waals surface area contributed by atoms with E-state index in [9.17, 15) is 9.90 Å². The van der Waals surface area contributed by atoms with E-state index in [1.807, 2.05) is 30.3 Å². The van der Waals surface area contributed by atoms with Gasteiger partial charge in [0.25, 0.3) is 0 Å². The van der Waals surface area contributed by atoms with Crippen LogP contribution in [0.25, 0.3) is 17.0 Å². The third-order valence-corrected chi connectivity index (χ3v) is 3.88. The van der Waals surface area contributed by atoms with E-state index in [0.29, 0.717) is 0 Å². The summed E-state index contributed by atoms with van der Waals surface area (Å²) in [7, 11) is 0. The van der Waals surface area contributed by atoms with E-state index < -0.39 is 11.4 Å². The zero-order valence-corrected chi connectivity index (χ0v) is 11.9. The number of aromatic nitrogens is 1. The molecule has 0 aliphatic carbocycles. The molecule has 0 amide bonds. The molecule has 4 heteroatoms. The second-order valence-corrected chi connectivity index (χ2v) is 5.40. The maximum absolute atomic E-state index is 11.3. The van der Waals surface area contributed by atoms with Crippen LogP contribution in [-0.4, -0.2) is 29.3 Å². The summed E-state index contributed by atoms with van der Waals surface area (Å²) in [6, 6.07) is 10.1. The lowest BCUT2D eigenvalue weighted by Gasteiger charge is -2.34. The number of fused-ring (bicyclic) bond motifs is 1. The van der Waals surface area contributed by atoms with Gasteiger partial charge in [-0.15, -0.1) is 0 Å². The van der Waals surface area contributed by atoms with Crippen LogP contribution in [0.3, 0.4) is 0 Å². The van der Waals surface area contributed by atoms with Crippen LogP contribution >= 0.6 is 0 Å². The molecule has 0 bridgehead atoms. The number of nitrogens with zero attached hydrogens (tertiary/aromatic N) is 1. The molecule has 4 nitrogen and oxygen atoms in total. The number of aliphatic carboxylic acids is 1. The number of benzene rings is 1. The van der Waals surface area contributed by atoms with Crippen molar-refractivity contribution in [3.63, 3.8) is 0 Å². The SMILES string of the molecule is CCc1ccc2ccc(/C=C/C3(C(=O)O)COC3)cc2n1. The minimum atomic E-state index is -0.867. The third-order valence-electron chi connectivity index (χ3n) is 3.88. The zero-order chi connectivity index (χ0) is 14.9. The average Bonchev–Trinajstić information content (AvgIpc) is 2.45. The van der Waals surface area contributed by atoms with Crippen LogP contribution in [0.4, 0.5) is 0 Å². The van der Waals surface area contributed by atoms with Gasteiger partial charge >= 0.3 is 5.97 Å². The number of aryl methyl sites for hydroxylation is 1. The fraction of sp³-hybridized carbons (Fsp3) is 0.294. The van der Waals surface area contributed by atoms with E-state index in [0.717, 1.165) is 28.6 Å². The lowest BCUT2D eigenvalue weighted by Crippen LogP contribution is -2.47. The highest BCUT2D eigenvalue weighted by Crippen LogP contribution is 2.30. The summed E-state index contributed by atoms with van der Waals surface area (Å²) in [4.78, 5) is 15.9. The standard InChI is InChI=1S/C17H17NO3/c1-2-14-6-5-13-4-3-12(9-15(13)18-14)7-8-17(16(19)20)10-21-11-17/h3-9H,2,10-11H2,1H3,(H,19,20)/b8-7+. The lowest BCUT2D eigenvalue weighted by molar-refractivity contribution is -0.169. The summed E-state index contributed by atoms with van der Waals surface area (Å²) in [6.45, 7) is 2.56. The van der Waals surface area contributed by atoms with E-state index in [-0.39, 0.29) is 13.2 Å². The predicted octanol–water partition coefficient (Wildman–Crippen LogP) is 2.91. The molecule has 0 saturated carbocycles. The van der Waals surface area contributed by atoms with Crippen LogP contribution < -0.4 is 0 Å². The average molecular weight is 283 g/mol. The van der Waals surface area contributed by atoms with Crippen LogP contribution in [0.2, 0.25) is 0 Å². The molecule has 1 aromatic heterocycles. The van der Waals surface area contributed by atoms with E-state index in [4.69, 9.17) is 4.74 Å². The third kappa shape index (κ3) is 2.54. The maximum atomic E-state index is 11.3. The summed E-state index contributed by atoms with van der Waals surface area (Å²) in [6.07, 6.45) is 4.47. The highest BCUT2D eigenvalue weighted by atomic mass is 16.5. The Bertz CT molecular complexity index is 717. The van der Waals surface area contributed by atoms with Gasteiger partial charge in [0.05, 0.1) is 18.7 Å². The molecule has 21 heavy (non-hydrogen) atoms. The molecule has 1 saturated heterocycles. The molecular formula is C17H17NO3. The Labute approximate surface area is 123 Å². The van der Waals surface area contributed by atoms with Crippen LogP contribution in [0, 0.1) is 5.41 Å². The fourth-order valence-electron chi connectivity index (χ4n) is 2.35. The molecule has 1 aromatic carbocycles.